The predicted molar refractivity (Wildman–Crippen MR) is 98.0 cm³/mol. The number of alkyl halides is 3. The molecular formula is C19H23F3N4O. The molecule has 1 aromatic heterocycles. The van der Waals surface area contributed by atoms with E-state index in [0.29, 0.717) is 18.8 Å². The second kappa shape index (κ2) is 8.83. The molecule has 0 aliphatic rings. The molecule has 0 bridgehead atoms. The highest BCUT2D eigenvalue weighted by Gasteiger charge is 2.30. The van der Waals surface area contributed by atoms with Crippen molar-refractivity contribution in [2.45, 2.75) is 39.8 Å². The van der Waals surface area contributed by atoms with Crippen LogP contribution >= 0.6 is 0 Å². The Morgan fingerprint density at radius 3 is 2.37 bits per heavy atom. The standard InChI is InChI=1S/C19H23F3N4O/c1-4-9-26(10-5-2)17(27)16-11-13(3)23-18(25-16)24-15-8-6-7-14(12-15)19(20,21)22/h6-8,11-12H,4-5,9-10H2,1-3H3,(H,23,24,25). The second-order valence-electron chi connectivity index (χ2n) is 6.21. The molecule has 2 aromatic rings. The molecule has 1 aromatic carbocycles. The Balaban J connectivity index is 2.28. The topological polar surface area (TPSA) is 58.1 Å². The second-order valence-corrected chi connectivity index (χ2v) is 6.21. The molecule has 146 valence electrons. The van der Waals surface area contributed by atoms with E-state index in [1.165, 1.54) is 12.1 Å². The number of carbonyl (C=O) groups excluding carboxylic acids is 1. The van der Waals surface area contributed by atoms with Gasteiger partial charge in [-0.3, -0.25) is 4.79 Å². The lowest BCUT2D eigenvalue weighted by atomic mass is 10.2. The third-order valence-corrected chi connectivity index (χ3v) is 3.79. The molecule has 0 unspecified atom stereocenters. The highest BCUT2D eigenvalue weighted by Crippen LogP contribution is 2.31. The normalized spacial score (nSPS) is 11.3. The van der Waals surface area contributed by atoms with Gasteiger partial charge in [-0.2, -0.15) is 13.2 Å². The third kappa shape index (κ3) is 5.67. The highest BCUT2D eigenvalue weighted by molar-refractivity contribution is 5.92. The number of hydrogen-bond acceptors (Lipinski definition) is 4. The Morgan fingerprint density at radius 1 is 1.11 bits per heavy atom. The number of amides is 1. The summed E-state index contributed by atoms with van der Waals surface area (Å²) in [7, 11) is 0. The zero-order valence-corrected chi connectivity index (χ0v) is 15.6. The molecule has 5 nitrogen and oxygen atoms in total. The summed E-state index contributed by atoms with van der Waals surface area (Å²) < 4.78 is 38.6. The summed E-state index contributed by atoms with van der Waals surface area (Å²) in [6.07, 6.45) is -2.79. The number of anilines is 2. The van der Waals surface area contributed by atoms with Crippen molar-refractivity contribution in [1.29, 1.82) is 0 Å². The SMILES string of the molecule is CCCN(CCC)C(=O)c1cc(C)nc(Nc2cccc(C(F)(F)F)c2)n1. The number of rotatable bonds is 7. The van der Waals surface area contributed by atoms with E-state index in [1.54, 1.807) is 17.9 Å². The number of carbonyl (C=O) groups is 1. The quantitative estimate of drug-likeness (QED) is 0.749. The van der Waals surface area contributed by atoms with E-state index in [4.69, 9.17) is 0 Å². The minimum atomic E-state index is -4.44. The van der Waals surface area contributed by atoms with Crippen molar-refractivity contribution < 1.29 is 18.0 Å². The number of aromatic nitrogens is 2. The first kappa shape index (κ1) is 20.7. The molecule has 1 N–H and O–H groups in total. The average Bonchev–Trinajstić information content (AvgIpc) is 2.60. The predicted octanol–water partition coefficient (Wildman–Crippen LogP) is 4.81. The van der Waals surface area contributed by atoms with E-state index in [-0.39, 0.29) is 23.2 Å². The van der Waals surface area contributed by atoms with Crippen LogP contribution in [0.4, 0.5) is 24.8 Å². The van der Waals surface area contributed by atoms with E-state index in [2.05, 4.69) is 15.3 Å². The Labute approximate surface area is 156 Å². The fraction of sp³-hybridized carbons (Fsp3) is 0.421. The Hall–Kier alpha value is -2.64. The zero-order valence-electron chi connectivity index (χ0n) is 15.6. The Morgan fingerprint density at radius 2 is 1.78 bits per heavy atom. The van der Waals surface area contributed by atoms with Crippen molar-refractivity contribution in [2.24, 2.45) is 0 Å². The largest absolute Gasteiger partial charge is 0.416 e. The summed E-state index contributed by atoms with van der Waals surface area (Å²) in [6, 6.07) is 6.34. The van der Waals surface area contributed by atoms with Gasteiger partial charge in [-0.1, -0.05) is 19.9 Å². The lowest BCUT2D eigenvalue weighted by molar-refractivity contribution is -0.137. The van der Waals surface area contributed by atoms with Crippen molar-refractivity contribution in [2.75, 3.05) is 18.4 Å². The van der Waals surface area contributed by atoms with Gasteiger partial charge in [0.2, 0.25) is 5.95 Å². The Kier molecular flexibility index (Phi) is 6.76. The first-order chi connectivity index (χ1) is 12.7. The van der Waals surface area contributed by atoms with Crippen molar-refractivity contribution >= 4 is 17.5 Å². The lowest BCUT2D eigenvalue weighted by Crippen LogP contribution is -2.33. The molecule has 0 saturated heterocycles. The van der Waals surface area contributed by atoms with E-state index in [9.17, 15) is 18.0 Å². The monoisotopic (exact) mass is 380 g/mol. The zero-order chi connectivity index (χ0) is 20.0. The molecule has 1 heterocycles. The van der Waals surface area contributed by atoms with Crippen LogP contribution in [0.1, 0.15) is 48.4 Å². The van der Waals surface area contributed by atoms with Crippen LogP contribution in [-0.2, 0) is 6.18 Å². The van der Waals surface area contributed by atoms with Gasteiger partial charge in [-0.15, -0.1) is 0 Å². The van der Waals surface area contributed by atoms with Crippen molar-refractivity contribution in [3.63, 3.8) is 0 Å². The van der Waals surface area contributed by atoms with Gasteiger partial charge in [-0.05, 0) is 44.0 Å². The fourth-order valence-corrected chi connectivity index (χ4v) is 2.65. The van der Waals surface area contributed by atoms with Gasteiger partial charge >= 0.3 is 6.18 Å². The van der Waals surface area contributed by atoms with Crippen LogP contribution in [-0.4, -0.2) is 33.9 Å². The number of hydrogen-bond donors (Lipinski definition) is 1. The van der Waals surface area contributed by atoms with Gasteiger partial charge < -0.3 is 10.2 Å². The molecule has 1 amide bonds. The number of halogens is 3. The molecule has 0 aliphatic carbocycles. The van der Waals surface area contributed by atoms with E-state index >= 15 is 0 Å². The summed E-state index contributed by atoms with van der Waals surface area (Å²) in [4.78, 5) is 22.8. The number of nitrogens with zero attached hydrogens (tertiary/aromatic N) is 3. The van der Waals surface area contributed by atoms with Crippen LogP contribution in [0.15, 0.2) is 30.3 Å². The summed E-state index contributed by atoms with van der Waals surface area (Å²) in [5.41, 5.74) is 0.205. The van der Waals surface area contributed by atoms with Crippen molar-refractivity contribution in [1.82, 2.24) is 14.9 Å². The van der Waals surface area contributed by atoms with E-state index in [0.717, 1.165) is 25.0 Å². The molecule has 0 fully saturated rings. The van der Waals surface area contributed by atoms with E-state index < -0.39 is 11.7 Å². The van der Waals surface area contributed by atoms with E-state index in [1.807, 2.05) is 13.8 Å². The maximum absolute atomic E-state index is 12.9. The van der Waals surface area contributed by atoms with Crippen LogP contribution in [0, 0.1) is 6.92 Å². The van der Waals surface area contributed by atoms with Crippen LogP contribution in [0.3, 0.4) is 0 Å². The summed E-state index contributed by atoms with van der Waals surface area (Å²) in [6.45, 7) is 6.92. The van der Waals surface area contributed by atoms with Crippen LogP contribution < -0.4 is 5.32 Å². The maximum Gasteiger partial charge on any atom is 0.416 e. The summed E-state index contributed by atoms with van der Waals surface area (Å²) >= 11 is 0. The first-order valence-corrected chi connectivity index (χ1v) is 8.83. The molecule has 2 rings (SSSR count). The molecule has 0 saturated carbocycles. The van der Waals surface area contributed by atoms with Gasteiger partial charge in [0.1, 0.15) is 5.69 Å². The first-order valence-electron chi connectivity index (χ1n) is 8.83. The molecule has 8 heteroatoms. The minimum absolute atomic E-state index is 0.0885. The molecule has 0 aliphatic heterocycles. The summed E-state index contributed by atoms with van der Waals surface area (Å²) in [5, 5.41) is 2.76. The van der Waals surface area contributed by atoms with Crippen molar-refractivity contribution in [3.8, 4) is 0 Å². The molecule has 0 atom stereocenters. The van der Waals surface area contributed by atoms with Gasteiger partial charge in [0.25, 0.3) is 5.91 Å². The minimum Gasteiger partial charge on any atom is -0.337 e. The van der Waals surface area contributed by atoms with Gasteiger partial charge in [-0.25, -0.2) is 9.97 Å². The smallest absolute Gasteiger partial charge is 0.337 e. The Bertz CT molecular complexity index is 787. The van der Waals surface area contributed by atoms with Crippen LogP contribution in [0.25, 0.3) is 0 Å². The van der Waals surface area contributed by atoms with Gasteiger partial charge in [0.15, 0.2) is 0 Å². The number of aryl methyl sites for hydroxylation is 1. The van der Waals surface area contributed by atoms with Crippen LogP contribution in [0.5, 0.6) is 0 Å². The molecule has 27 heavy (non-hydrogen) atoms. The molecular weight excluding hydrogens is 357 g/mol. The molecule has 0 spiro atoms. The average molecular weight is 380 g/mol. The lowest BCUT2D eigenvalue weighted by Gasteiger charge is -2.21. The third-order valence-electron chi connectivity index (χ3n) is 3.79. The number of nitrogens with one attached hydrogen (secondary N) is 1. The summed E-state index contributed by atoms with van der Waals surface area (Å²) in [5.74, 6) is -0.123. The fourth-order valence-electron chi connectivity index (χ4n) is 2.65. The maximum atomic E-state index is 12.9. The number of benzene rings is 1. The highest BCUT2D eigenvalue weighted by atomic mass is 19.4. The van der Waals surface area contributed by atoms with Crippen molar-refractivity contribution in [3.05, 3.63) is 47.3 Å². The molecule has 0 radical (unpaired) electrons. The van der Waals surface area contributed by atoms with Gasteiger partial charge in [0.05, 0.1) is 5.56 Å². The van der Waals surface area contributed by atoms with Gasteiger partial charge in [0, 0.05) is 24.5 Å². The van der Waals surface area contributed by atoms with Crippen LogP contribution in [0.2, 0.25) is 0 Å².